The molecule has 106 valence electrons. The van der Waals surface area contributed by atoms with Crippen LogP contribution in [0.5, 0.6) is 0 Å². The Kier molecular flexibility index (Phi) is 4.34. The zero-order chi connectivity index (χ0) is 14.5. The lowest BCUT2D eigenvalue weighted by molar-refractivity contribution is -0.118. The van der Waals surface area contributed by atoms with Crippen molar-refractivity contribution in [1.29, 1.82) is 0 Å². The second-order valence-electron chi connectivity index (χ2n) is 4.52. The molecule has 0 radical (unpaired) electrons. The van der Waals surface area contributed by atoms with E-state index in [0.717, 1.165) is 12.0 Å². The fraction of sp³-hybridized carbons (Fsp3) is 0.286. The molecule has 2 aromatic rings. The molecule has 0 spiro atoms. The Labute approximate surface area is 116 Å². The van der Waals surface area contributed by atoms with Crippen molar-refractivity contribution in [2.45, 2.75) is 25.9 Å². The van der Waals surface area contributed by atoms with E-state index in [-0.39, 0.29) is 18.4 Å². The lowest BCUT2D eigenvalue weighted by Gasteiger charge is -2.16. The van der Waals surface area contributed by atoms with E-state index in [9.17, 15) is 9.18 Å². The Hall–Kier alpha value is -2.37. The van der Waals surface area contributed by atoms with Crippen molar-refractivity contribution < 1.29 is 9.18 Å². The maximum atomic E-state index is 12.9. The molecule has 0 aliphatic heterocycles. The van der Waals surface area contributed by atoms with Gasteiger partial charge in [0, 0.05) is 12.3 Å². The van der Waals surface area contributed by atoms with E-state index in [1.54, 1.807) is 24.4 Å². The molecule has 1 amide bonds. The highest BCUT2D eigenvalue weighted by Crippen LogP contribution is 2.21. The fourth-order valence-corrected chi connectivity index (χ4v) is 1.98. The normalized spacial score (nSPS) is 12.1. The monoisotopic (exact) mass is 276 g/mol. The highest BCUT2D eigenvalue weighted by atomic mass is 19.1. The van der Waals surface area contributed by atoms with Crippen molar-refractivity contribution in [1.82, 2.24) is 9.78 Å². The zero-order valence-electron chi connectivity index (χ0n) is 11.2. The van der Waals surface area contributed by atoms with E-state index >= 15 is 0 Å². The Morgan fingerprint density at radius 2 is 2.10 bits per heavy atom. The summed E-state index contributed by atoms with van der Waals surface area (Å²) < 4.78 is 14.4. The summed E-state index contributed by atoms with van der Waals surface area (Å²) in [5, 5.41) is 7.46. The van der Waals surface area contributed by atoms with Crippen molar-refractivity contribution >= 4 is 11.7 Å². The van der Waals surface area contributed by atoms with Crippen LogP contribution in [-0.2, 0) is 11.3 Å². The predicted octanol–water partition coefficient (Wildman–Crippen LogP) is 2.07. The standard InChI is InChI=1S/C14H17FN4O/c1-2-12(10-3-5-11(15)6-4-10)17-14-7-8-19(18-14)9-13(16)20/h3-8,12H,2,9H2,1H3,(H2,16,20)(H,17,18)/t12-/m1/s1. The number of nitrogens with one attached hydrogen (secondary N) is 1. The van der Waals surface area contributed by atoms with E-state index < -0.39 is 5.91 Å². The molecular formula is C14H17FN4O. The summed E-state index contributed by atoms with van der Waals surface area (Å²) in [6, 6.07) is 8.17. The predicted molar refractivity (Wildman–Crippen MR) is 74.5 cm³/mol. The first kappa shape index (κ1) is 14.0. The number of halogens is 1. The van der Waals surface area contributed by atoms with Crippen LogP contribution in [0.1, 0.15) is 24.9 Å². The number of nitrogens with two attached hydrogens (primary N) is 1. The lowest BCUT2D eigenvalue weighted by Crippen LogP contribution is -2.19. The summed E-state index contributed by atoms with van der Waals surface area (Å²) in [6.07, 6.45) is 2.51. The van der Waals surface area contributed by atoms with E-state index in [1.165, 1.54) is 16.8 Å². The Balaban J connectivity index is 2.08. The van der Waals surface area contributed by atoms with Gasteiger partial charge in [0.2, 0.25) is 5.91 Å². The van der Waals surface area contributed by atoms with Crippen molar-refractivity contribution in [2.24, 2.45) is 5.73 Å². The van der Waals surface area contributed by atoms with Gasteiger partial charge in [-0.05, 0) is 24.1 Å². The minimum Gasteiger partial charge on any atom is -0.368 e. The van der Waals surface area contributed by atoms with Crippen molar-refractivity contribution in [3.05, 3.63) is 47.9 Å². The maximum absolute atomic E-state index is 12.9. The van der Waals surface area contributed by atoms with Gasteiger partial charge in [0.25, 0.3) is 0 Å². The maximum Gasteiger partial charge on any atom is 0.239 e. The molecular weight excluding hydrogens is 259 g/mol. The highest BCUT2D eigenvalue weighted by Gasteiger charge is 2.11. The van der Waals surface area contributed by atoms with Crippen LogP contribution in [0, 0.1) is 5.82 Å². The molecule has 0 saturated heterocycles. The molecule has 0 aliphatic rings. The third-order valence-electron chi connectivity index (χ3n) is 2.96. The Morgan fingerprint density at radius 3 is 2.70 bits per heavy atom. The van der Waals surface area contributed by atoms with E-state index in [0.29, 0.717) is 5.82 Å². The number of hydrogen-bond acceptors (Lipinski definition) is 3. The molecule has 1 aromatic carbocycles. The number of anilines is 1. The molecule has 0 fully saturated rings. The summed E-state index contributed by atoms with van der Waals surface area (Å²) in [6.45, 7) is 2.08. The number of amides is 1. The van der Waals surface area contributed by atoms with Crippen LogP contribution in [-0.4, -0.2) is 15.7 Å². The largest absolute Gasteiger partial charge is 0.368 e. The topological polar surface area (TPSA) is 72.9 Å². The smallest absolute Gasteiger partial charge is 0.239 e. The van der Waals surface area contributed by atoms with Gasteiger partial charge < -0.3 is 11.1 Å². The molecule has 6 heteroatoms. The van der Waals surface area contributed by atoms with Gasteiger partial charge in [-0.3, -0.25) is 9.48 Å². The summed E-state index contributed by atoms with van der Waals surface area (Å²) in [5.74, 6) is -0.0398. The number of rotatable bonds is 6. The number of carbonyl (C=O) groups excluding carboxylic acids is 1. The number of primary amides is 1. The molecule has 5 nitrogen and oxygen atoms in total. The van der Waals surface area contributed by atoms with Gasteiger partial charge in [-0.1, -0.05) is 19.1 Å². The van der Waals surface area contributed by atoms with Gasteiger partial charge in [0.05, 0.1) is 6.04 Å². The minimum atomic E-state index is -0.440. The summed E-state index contributed by atoms with van der Waals surface area (Å²) in [4.78, 5) is 10.8. The van der Waals surface area contributed by atoms with E-state index in [2.05, 4.69) is 10.4 Å². The zero-order valence-corrected chi connectivity index (χ0v) is 11.2. The van der Waals surface area contributed by atoms with Crippen molar-refractivity contribution in [2.75, 3.05) is 5.32 Å². The number of benzene rings is 1. The van der Waals surface area contributed by atoms with Gasteiger partial charge in [0.1, 0.15) is 18.2 Å². The lowest BCUT2D eigenvalue weighted by atomic mass is 10.0. The third-order valence-corrected chi connectivity index (χ3v) is 2.96. The number of hydrogen-bond donors (Lipinski definition) is 2. The van der Waals surface area contributed by atoms with Crippen LogP contribution in [0.3, 0.4) is 0 Å². The van der Waals surface area contributed by atoms with E-state index in [4.69, 9.17) is 5.73 Å². The van der Waals surface area contributed by atoms with Gasteiger partial charge in [0.15, 0.2) is 0 Å². The molecule has 0 unspecified atom stereocenters. The summed E-state index contributed by atoms with van der Waals surface area (Å²) in [5.41, 5.74) is 6.10. The molecule has 1 atom stereocenters. The summed E-state index contributed by atoms with van der Waals surface area (Å²) in [7, 11) is 0. The first-order valence-electron chi connectivity index (χ1n) is 6.42. The van der Waals surface area contributed by atoms with Gasteiger partial charge in [-0.15, -0.1) is 0 Å². The molecule has 20 heavy (non-hydrogen) atoms. The average molecular weight is 276 g/mol. The third kappa shape index (κ3) is 3.57. The minimum absolute atomic E-state index is 0.0347. The second kappa shape index (κ2) is 6.18. The molecule has 0 aliphatic carbocycles. The SMILES string of the molecule is CC[C@@H](Nc1ccn(CC(N)=O)n1)c1ccc(F)cc1. The number of nitrogens with zero attached hydrogens (tertiary/aromatic N) is 2. The quantitative estimate of drug-likeness (QED) is 0.848. The van der Waals surface area contributed by atoms with Crippen molar-refractivity contribution in [3.63, 3.8) is 0 Å². The molecule has 1 heterocycles. The van der Waals surface area contributed by atoms with Crippen LogP contribution >= 0.6 is 0 Å². The Bertz CT molecular complexity index is 579. The van der Waals surface area contributed by atoms with Crippen LogP contribution in [0.25, 0.3) is 0 Å². The second-order valence-corrected chi connectivity index (χ2v) is 4.52. The number of aromatic nitrogens is 2. The van der Waals surface area contributed by atoms with Gasteiger partial charge in [-0.2, -0.15) is 5.10 Å². The van der Waals surface area contributed by atoms with Crippen LogP contribution in [0.2, 0.25) is 0 Å². The van der Waals surface area contributed by atoms with Gasteiger partial charge >= 0.3 is 0 Å². The first-order valence-corrected chi connectivity index (χ1v) is 6.42. The molecule has 3 N–H and O–H groups in total. The molecule has 0 bridgehead atoms. The summed E-state index contributed by atoms with van der Waals surface area (Å²) >= 11 is 0. The average Bonchev–Trinajstić information content (AvgIpc) is 2.83. The Morgan fingerprint density at radius 1 is 1.40 bits per heavy atom. The highest BCUT2D eigenvalue weighted by molar-refractivity contribution is 5.73. The fourth-order valence-electron chi connectivity index (χ4n) is 1.98. The van der Waals surface area contributed by atoms with Crippen LogP contribution in [0.15, 0.2) is 36.5 Å². The van der Waals surface area contributed by atoms with Crippen LogP contribution in [0.4, 0.5) is 10.2 Å². The molecule has 0 saturated carbocycles. The van der Waals surface area contributed by atoms with Gasteiger partial charge in [-0.25, -0.2) is 4.39 Å². The van der Waals surface area contributed by atoms with E-state index in [1.807, 2.05) is 6.92 Å². The number of carbonyl (C=O) groups is 1. The van der Waals surface area contributed by atoms with Crippen molar-refractivity contribution in [3.8, 4) is 0 Å². The van der Waals surface area contributed by atoms with Crippen LogP contribution < -0.4 is 11.1 Å². The molecule has 1 aromatic heterocycles. The molecule has 2 rings (SSSR count). The first-order chi connectivity index (χ1) is 9.58.